The van der Waals surface area contributed by atoms with Crippen LogP contribution in [0.5, 0.6) is 5.75 Å². The van der Waals surface area contributed by atoms with Crippen LogP contribution >= 0.6 is 0 Å². The molecule has 3 aromatic rings. The predicted molar refractivity (Wildman–Crippen MR) is 110 cm³/mol. The zero-order valence-electron chi connectivity index (χ0n) is 15.5. The average Bonchev–Trinajstić information content (AvgIpc) is 2.69. The number of hydrogen-bond donors (Lipinski definition) is 1. The molecular formula is C23H22N2O2. The van der Waals surface area contributed by atoms with Crippen molar-refractivity contribution in [1.82, 2.24) is 0 Å². The minimum atomic E-state index is -0.193. The molecule has 0 spiro atoms. The van der Waals surface area contributed by atoms with Gasteiger partial charge >= 0.3 is 0 Å². The van der Waals surface area contributed by atoms with Gasteiger partial charge in [0.15, 0.2) is 6.61 Å². The van der Waals surface area contributed by atoms with E-state index in [1.165, 1.54) is 11.1 Å². The summed E-state index contributed by atoms with van der Waals surface area (Å²) in [6.07, 6.45) is 1.82. The van der Waals surface area contributed by atoms with E-state index >= 15 is 0 Å². The maximum atomic E-state index is 11.9. The van der Waals surface area contributed by atoms with Crippen LogP contribution in [0.15, 0.2) is 77.8 Å². The van der Waals surface area contributed by atoms with Gasteiger partial charge in [0, 0.05) is 11.9 Å². The SMILES string of the molecule is Cc1ccc(N=Cc2ccc(OCC(=O)Nc3ccccc3)cc2)cc1C. The van der Waals surface area contributed by atoms with Crippen LogP contribution in [0.25, 0.3) is 0 Å². The molecule has 0 aromatic heterocycles. The van der Waals surface area contributed by atoms with Crippen LogP contribution < -0.4 is 10.1 Å². The maximum absolute atomic E-state index is 11.9. The van der Waals surface area contributed by atoms with Gasteiger partial charge in [-0.1, -0.05) is 24.3 Å². The van der Waals surface area contributed by atoms with Crippen LogP contribution in [0.2, 0.25) is 0 Å². The Labute approximate surface area is 159 Å². The first-order chi connectivity index (χ1) is 13.1. The van der Waals surface area contributed by atoms with Gasteiger partial charge in [0.05, 0.1) is 5.69 Å². The number of rotatable bonds is 6. The summed E-state index contributed by atoms with van der Waals surface area (Å²) >= 11 is 0. The number of para-hydroxylation sites is 1. The summed E-state index contributed by atoms with van der Waals surface area (Å²) in [6.45, 7) is 4.13. The molecule has 0 fully saturated rings. The van der Waals surface area contributed by atoms with E-state index in [1.807, 2.05) is 66.9 Å². The van der Waals surface area contributed by atoms with Crippen LogP contribution in [0.4, 0.5) is 11.4 Å². The van der Waals surface area contributed by atoms with Gasteiger partial charge in [0.1, 0.15) is 5.75 Å². The van der Waals surface area contributed by atoms with Gasteiger partial charge < -0.3 is 10.1 Å². The van der Waals surface area contributed by atoms with Gasteiger partial charge in [-0.15, -0.1) is 0 Å². The van der Waals surface area contributed by atoms with E-state index in [9.17, 15) is 4.79 Å². The highest BCUT2D eigenvalue weighted by molar-refractivity contribution is 5.91. The predicted octanol–water partition coefficient (Wildman–Crippen LogP) is 5.07. The molecule has 0 heterocycles. The fourth-order valence-corrected chi connectivity index (χ4v) is 2.47. The molecule has 0 saturated heterocycles. The third-order valence-electron chi connectivity index (χ3n) is 4.16. The third kappa shape index (κ3) is 5.54. The molecule has 27 heavy (non-hydrogen) atoms. The standard InChI is InChI=1S/C23H22N2O2/c1-17-8-11-21(14-18(17)2)24-15-19-9-12-22(13-10-19)27-16-23(26)25-20-6-4-3-5-7-20/h3-15H,16H2,1-2H3,(H,25,26). The van der Waals surface area contributed by atoms with Crippen molar-refractivity contribution in [2.75, 3.05) is 11.9 Å². The highest BCUT2D eigenvalue weighted by Gasteiger charge is 2.03. The van der Waals surface area contributed by atoms with Crippen molar-refractivity contribution in [3.8, 4) is 5.75 Å². The lowest BCUT2D eigenvalue weighted by atomic mass is 10.1. The van der Waals surface area contributed by atoms with Gasteiger partial charge in [-0.05, 0) is 79.1 Å². The van der Waals surface area contributed by atoms with Gasteiger partial charge in [-0.25, -0.2) is 0 Å². The van der Waals surface area contributed by atoms with Gasteiger partial charge in [0.2, 0.25) is 0 Å². The van der Waals surface area contributed by atoms with Crippen LogP contribution in [-0.2, 0) is 4.79 Å². The number of benzene rings is 3. The van der Waals surface area contributed by atoms with Crippen molar-refractivity contribution >= 4 is 23.5 Å². The van der Waals surface area contributed by atoms with Crippen molar-refractivity contribution in [3.05, 3.63) is 89.5 Å². The second-order valence-corrected chi connectivity index (χ2v) is 6.30. The van der Waals surface area contributed by atoms with Crippen molar-refractivity contribution in [2.24, 2.45) is 4.99 Å². The summed E-state index contributed by atoms with van der Waals surface area (Å²) in [5.74, 6) is 0.447. The molecule has 1 amide bonds. The molecule has 0 bridgehead atoms. The lowest BCUT2D eigenvalue weighted by Gasteiger charge is -2.07. The van der Waals surface area contributed by atoms with Crippen LogP contribution in [0.3, 0.4) is 0 Å². The van der Waals surface area contributed by atoms with Gasteiger partial charge in [-0.2, -0.15) is 0 Å². The molecule has 4 heteroatoms. The molecule has 0 aliphatic carbocycles. The van der Waals surface area contributed by atoms with Crippen LogP contribution in [0.1, 0.15) is 16.7 Å². The van der Waals surface area contributed by atoms with Crippen molar-refractivity contribution < 1.29 is 9.53 Å². The molecule has 136 valence electrons. The quantitative estimate of drug-likeness (QED) is 0.625. The van der Waals surface area contributed by atoms with E-state index in [2.05, 4.69) is 36.3 Å². The summed E-state index contributed by atoms with van der Waals surface area (Å²) in [4.78, 5) is 16.4. The van der Waals surface area contributed by atoms with Crippen molar-refractivity contribution in [1.29, 1.82) is 0 Å². The summed E-state index contributed by atoms with van der Waals surface area (Å²) < 4.78 is 5.53. The zero-order valence-corrected chi connectivity index (χ0v) is 15.5. The lowest BCUT2D eigenvalue weighted by Crippen LogP contribution is -2.20. The van der Waals surface area contributed by atoms with Gasteiger partial charge in [-0.3, -0.25) is 9.79 Å². The molecule has 0 aliphatic heterocycles. The number of nitrogens with one attached hydrogen (secondary N) is 1. The normalized spacial score (nSPS) is 10.7. The number of aryl methyl sites for hydroxylation is 2. The third-order valence-corrected chi connectivity index (χ3v) is 4.16. The van der Waals surface area contributed by atoms with E-state index in [0.29, 0.717) is 5.75 Å². The Morgan fingerprint density at radius 2 is 1.70 bits per heavy atom. The maximum Gasteiger partial charge on any atom is 0.262 e. The Morgan fingerprint density at radius 3 is 2.41 bits per heavy atom. The average molecular weight is 358 g/mol. The molecule has 0 atom stereocenters. The topological polar surface area (TPSA) is 50.7 Å². The Kier molecular flexibility index (Phi) is 6.00. The number of anilines is 1. The van der Waals surface area contributed by atoms with Gasteiger partial charge in [0.25, 0.3) is 5.91 Å². The van der Waals surface area contributed by atoms with E-state index in [1.54, 1.807) is 0 Å². The summed E-state index contributed by atoms with van der Waals surface area (Å²) in [5, 5.41) is 2.79. The van der Waals surface area contributed by atoms with E-state index in [-0.39, 0.29) is 12.5 Å². The molecule has 0 radical (unpaired) electrons. The Balaban J connectivity index is 1.53. The fraction of sp³-hybridized carbons (Fsp3) is 0.130. The van der Waals surface area contributed by atoms with Crippen molar-refractivity contribution in [3.63, 3.8) is 0 Å². The molecule has 0 saturated carbocycles. The molecule has 3 aromatic carbocycles. The Hall–Kier alpha value is -3.40. The largest absolute Gasteiger partial charge is 0.484 e. The minimum absolute atomic E-state index is 0.0367. The molecule has 1 N–H and O–H groups in total. The number of ether oxygens (including phenoxy) is 1. The van der Waals surface area contributed by atoms with Crippen LogP contribution in [-0.4, -0.2) is 18.7 Å². The Bertz CT molecular complexity index is 932. The van der Waals surface area contributed by atoms with E-state index < -0.39 is 0 Å². The number of aliphatic imine (C=N–C) groups is 1. The second kappa shape index (κ2) is 8.81. The number of nitrogens with zero attached hydrogens (tertiary/aromatic N) is 1. The number of amides is 1. The highest BCUT2D eigenvalue weighted by Crippen LogP contribution is 2.18. The monoisotopic (exact) mass is 358 g/mol. The first-order valence-electron chi connectivity index (χ1n) is 8.79. The summed E-state index contributed by atoms with van der Waals surface area (Å²) in [5.41, 5.74) is 5.13. The fourth-order valence-electron chi connectivity index (χ4n) is 2.47. The molecule has 4 nitrogen and oxygen atoms in total. The van der Waals surface area contributed by atoms with E-state index in [4.69, 9.17) is 4.74 Å². The Morgan fingerprint density at radius 1 is 0.963 bits per heavy atom. The molecule has 3 rings (SSSR count). The summed E-state index contributed by atoms with van der Waals surface area (Å²) in [7, 11) is 0. The molecular weight excluding hydrogens is 336 g/mol. The smallest absolute Gasteiger partial charge is 0.262 e. The lowest BCUT2D eigenvalue weighted by molar-refractivity contribution is -0.118. The van der Waals surface area contributed by atoms with Crippen LogP contribution in [0, 0.1) is 13.8 Å². The van der Waals surface area contributed by atoms with Crippen molar-refractivity contribution in [2.45, 2.75) is 13.8 Å². The number of carbonyl (C=O) groups is 1. The second-order valence-electron chi connectivity index (χ2n) is 6.30. The molecule has 0 aliphatic rings. The zero-order chi connectivity index (χ0) is 19.1. The highest BCUT2D eigenvalue weighted by atomic mass is 16.5. The number of hydrogen-bond acceptors (Lipinski definition) is 3. The molecule has 0 unspecified atom stereocenters. The number of carbonyl (C=O) groups excluding carboxylic acids is 1. The summed E-state index contributed by atoms with van der Waals surface area (Å²) in [6, 6.07) is 22.9. The first kappa shape index (κ1) is 18.4. The first-order valence-corrected chi connectivity index (χ1v) is 8.79. The minimum Gasteiger partial charge on any atom is -0.484 e. The van der Waals surface area contributed by atoms with E-state index in [0.717, 1.165) is 16.9 Å².